The minimum Gasteiger partial charge on any atom is -0.480 e. The van der Waals surface area contributed by atoms with Crippen molar-refractivity contribution in [3.8, 4) is 11.1 Å². The van der Waals surface area contributed by atoms with E-state index < -0.39 is 24.1 Å². The van der Waals surface area contributed by atoms with Crippen LogP contribution in [0, 0.1) is 0 Å². The van der Waals surface area contributed by atoms with Crippen molar-refractivity contribution >= 4 is 28.0 Å². The largest absolute Gasteiger partial charge is 0.480 e. The number of benzene rings is 3. The van der Waals surface area contributed by atoms with Crippen LogP contribution in [0.15, 0.2) is 77.3 Å². The first-order valence-electron chi connectivity index (χ1n) is 9.53. The van der Waals surface area contributed by atoms with Gasteiger partial charge in [-0.2, -0.15) is 0 Å². The third-order valence-corrected chi connectivity index (χ3v) is 5.90. The molecule has 1 atom stereocenters. The molecule has 0 aliphatic heterocycles. The molecule has 0 saturated heterocycles. The molecule has 1 N–H and O–H groups in total. The highest BCUT2D eigenvalue weighted by atomic mass is 79.9. The predicted octanol–water partition coefficient (Wildman–Crippen LogP) is 5.28. The number of aliphatic carboxylic acids is 1. The minimum absolute atomic E-state index is 0.157. The Kier molecular flexibility index (Phi) is 5.59. The van der Waals surface area contributed by atoms with Gasteiger partial charge in [0.15, 0.2) is 0 Å². The van der Waals surface area contributed by atoms with Crippen molar-refractivity contribution in [2.24, 2.45) is 0 Å². The summed E-state index contributed by atoms with van der Waals surface area (Å²) in [6.45, 7) is 0. The second-order valence-corrected chi connectivity index (χ2v) is 8.06. The minimum atomic E-state index is -1.10. The van der Waals surface area contributed by atoms with Crippen molar-refractivity contribution in [3.05, 3.63) is 94.0 Å². The first-order chi connectivity index (χ1) is 14.5. The van der Waals surface area contributed by atoms with E-state index in [2.05, 4.69) is 15.9 Å². The zero-order chi connectivity index (χ0) is 21.3. The SMILES string of the molecule is COC(=O)N(C1c2ccccc2-c2ccccc21)[C@@H](Cc1cccc(Br)c1)C(=O)O. The van der Waals surface area contributed by atoms with Crippen molar-refractivity contribution in [3.63, 3.8) is 0 Å². The number of amides is 1. The molecule has 1 aliphatic carbocycles. The molecular formula is C24H20BrNO4. The Morgan fingerprint density at radius 2 is 1.60 bits per heavy atom. The number of halogens is 1. The number of hydrogen-bond donors (Lipinski definition) is 1. The Balaban J connectivity index is 1.84. The van der Waals surface area contributed by atoms with Gasteiger partial charge in [-0.05, 0) is 39.9 Å². The Labute approximate surface area is 183 Å². The van der Waals surface area contributed by atoms with E-state index in [-0.39, 0.29) is 6.42 Å². The lowest BCUT2D eigenvalue weighted by Crippen LogP contribution is -2.48. The lowest BCUT2D eigenvalue weighted by Gasteiger charge is -2.34. The third-order valence-electron chi connectivity index (χ3n) is 5.40. The number of methoxy groups -OCH3 is 1. The van der Waals surface area contributed by atoms with Crippen molar-refractivity contribution < 1.29 is 19.4 Å². The van der Waals surface area contributed by atoms with Crippen molar-refractivity contribution in [2.75, 3.05) is 7.11 Å². The molecule has 3 aromatic carbocycles. The van der Waals surface area contributed by atoms with Crippen molar-refractivity contribution in [2.45, 2.75) is 18.5 Å². The van der Waals surface area contributed by atoms with E-state index >= 15 is 0 Å². The summed E-state index contributed by atoms with van der Waals surface area (Å²) in [5.41, 5.74) is 4.59. The summed E-state index contributed by atoms with van der Waals surface area (Å²) in [6.07, 6.45) is -0.515. The van der Waals surface area contributed by atoms with E-state index in [0.717, 1.165) is 32.3 Å². The first-order valence-corrected chi connectivity index (χ1v) is 10.3. The van der Waals surface area contributed by atoms with Crippen molar-refractivity contribution in [1.29, 1.82) is 0 Å². The van der Waals surface area contributed by atoms with Gasteiger partial charge in [0.2, 0.25) is 0 Å². The lowest BCUT2D eigenvalue weighted by molar-refractivity contribution is -0.143. The molecule has 3 aromatic rings. The monoisotopic (exact) mass is 465 g/mol. The molecular weight excluding hydrogens is 446 g/mol. The molecule has 1 aliphatic rings. The van der Waals surface area contributed by atoms with E-state index in [1.54, 1.807) is 0 Å². The van der Waals surface area contributed by atoms with Gasteiger partial charge in [-0.3, -0.25) is 4.90 Å². The summed E-state index contributed by atoms with van der Waals surface area (Å²) in [5.74, 6) is -1.08. The Hall–Kier alpha value is -3.12. The Morgan fingerprint density at radius 1 is 1.00 bits per heavy atom. The molecule has 0 bridgehead atoms. The summed E-state index contributed by atoms with van der Waals surface area (Å²) < 4.78 is 5.91. The smallest absolute Gasteiger partial charge is 0.411 e. The highest BCUT2D eigenvalue weighted by Gasteiger charge is 2.42. The van der Waals surface area contributed by atoms with Gasteiger partial charge >= 0.3 is 12.1 Å². The quantitative estimate of drug-likeness (QED) is 0.556. The average Bonchev–Trinajstić information content (AvgIpc) is 3.08. The van der Waals surface area contributed by atoms with Crippen LogP contribution in [0.1, 0.15) is 22.7 Å². The number of rotatable bonds is 5. The van der Waals surface area contributed by atoms with Crippen LogP contribution in [0.3, 0.4) is 0 Å². The number of carbonyl (C=O) groups excluding carboxylic acids is 1. The number of nitrogens with zero attached hydrogens (tertiary/aromatic N) is 1. The molecule has 5 nitrogen and oxygen atoms in total. The van der Waals surface area contributed by atoms with Gasteiger partial charge in [0.05, 0.1) is 13.2 Å². The topological polar surface area (TPSA) is 66.8 Å². The number of hydrogen-bond acceptors (Lipinski definition) is 3. The second kappa shape index (κ2) is 8.32. The van der Waals surface area contributed by atoms with Crippen LogP contribution in [0.4, 0.5) is 4.79 Å². The van der Waals surface area contributed by atoms with Crippen LogP contribution in [0.25, 0.3) is 11.1 Å². The van der Waals surface area contributed by atoms with Gasteiger partial charge in [0.1, 0.15) is 6.04 Å². The molecule has 0 fully saturated rings. The van der Waals surface area contributed by atoms with E-state index in [0.29, 0.717) is 0 Å². The molecule has 0 saturated carbocycles. The highest BCUT2D eigenvalue weighted by molar-refractivity contribution is 9.10. The summed E-state index contributed by atoms with van der Waals surface area (Å²) >= 11 is 3.43. The number of fused-ring (bicyclic) bond motifs is 3. The number of ether oxygens (including phenoxy) is 1. The summed E-state index contributed by atoms with van der Waals surface area (Å²) in [4.78, 5) is 26.7. The average molecular weight is 466 g/mol. The fraction of sp³-hybridized carbons (Fsp3) is 0.167. The summed E-state index contributed by atoms with van der Waals surface area (Å²) in [6, 6.07) is 21.3. The van der Waals surface area contributed by atoms with Gasteiger partial charge < -0.3 is 9.84 Å². The zero-order valence-corrected chi connectivity index (χ0v) is 17.9. The molecule has 0 heterocycles. The molecule has 0 aromatic heterocycles. The normalized spacial score (nSPS) is 13.3. The number of carboxylic acids is 1. The van der Waals surface area contributed by atoms with E-state index in [1.807, 2.05) is 72.8 Å². The van der Waals surface area contributed by atoms with Gasteiger partial charge in [-0.25, -0.2) is 9.59 Å². The summed E-state index contributed by atoms with van der Waals surface area (Å²) in [5, 5.41) is 10.1. The first kappa shape index (κ1) is 20.2. The third kappa shape index (κ3) is 3.59. The van der Waals surface area contributed by atoms with Gasteiger partial charge in [0, 0.05) is 10.9 Å². The van der Waals surface area contributed by atoms with E-state index in [1.165, 1.54) is 12.0 Å². The van der Waals surface area contributed by atoms with Gasteiger partial charge in [0.25, 0.3) is 0 Å². The van der Waals surface area contributed by atoms with Crippen LogP contribution in [-0.4, -0.2) is 35.2 Å². The Morgan fingerprint density at radius 3 is 2.13 bits per heavy atom. The van der Waals surface area contributed by atoms with Gasteiger partial charge in [-0.1, -0.05) is 76.6 Å². The fourth-order valence-corrected chi connectivity index (χ4v) is 4.59. The van der Waals surface area contributed by atoms with Crippen LogP contribution >= 0.6 is 15.9 Å². The number of carboxylic acid groups (broad SMARTS) is 1. The standard InChI is InChI=1S/C24H20BrNO4/c1-30-24(29)26(21(23(27)28)14-15-7-6-8-16(25)13-15)22-19-11-4-2-9-17(19)18-10-3-5-12-20(18)22/h2-13,21-22H,14H2,1H3,(H,27,28)/t21-/m0/s1. The van der Waals surface area contributed by atoms with E-state index in [9.17, 15) is 14.7 Å². The van der Waals surface area contributed by atoms with Crippen LogP contribution in [0.2, 0.25) is 0 Å². The Bertz CT molecular complexity index is 1070. The van der Waals surface area contributed by atoms with Crippen LogP contribution in [0.5, 0.6) is 0 Å². The fourth-order valence-electron chi connectivity index (χ4n) is 4.14. The number of carbonyl (C=O) groups is 2. The predicted molar refractivity (Wildman–Crippen MR) is 117 cm³/mol. The maximum absolute atomic E-state index is 13.0. The molecule has 4 rings (SSSR count). The highest BCUT2D eigenvalue weighted by Crippen LogP contribution is 2.47. The molecule has 0 unspecified atom stereocenters. The van der Waals surface area contributed by atoms with Crippen LogP contribution in [-0.2, 0) is 16.0 Å². The molecule has 152 valence electrons. The molecule has 0 spiro atoms. The van der Waals surface area contributed by atoms with Gasteiger partial charge in [-0.15, -0.1) is 0 Å². The maximum Gasteiger partial charge on any atom is 0.411 e. The molecule has 30 heavy (non-hydrogen) atoms. The van der Waals surface area contributed by atoms with Crippen molar-refractivity contribution in [1.82, 2.24) is 4.90 Å². The van der Waals surface area contributed by atoms with E-state index in [4.69, 9.17) is 4.74 Å². The molecule has 0 radical (unpaired) electrons. The van der Waals surface area contributed by atoms with Crippen LogP contribution < -0.4 is 0 Å². The molecule has 6 heteroatoms. The lowest BCUT2D eigenvalue weighted by atomic mass is 9.98. The summed E-state index contributed by atoms with van der Waals surface area (Å²) in [7, 11) is 1.28. The molecule has 1 amide bonds. The maximum atomic E-state index is 13.0. The zero-order valence-electron chi connectivity index (χ0n) is 16.3. The second-order valence-electron chi connectivity index (χ2n) is 7.14.